The van der Waals surface area contributed by atoms with E-state index in [1.54, 1.807) is 24.4 Å². The molecule has 1 aliphatic heterocycles. The molecule has 0 amide bonds. The molecule has 19 heavy (non-hydrogen) atoms. The first-order valence-corrected chi connectivity index (χ1v) is 7.95. The summed E-state index contributed by atoms with van der Waals surface area (Å²) in [6.07, 6.45) is 2.35. The van der Waals surface area contributed by atoms with Crippen molar-refractivity contribution in [1.82, 2.24) is 9.03 Å². The fourth-order valence-corrected chi connectivity index (χ4v) is 3.51. The molecule has 1 aromatic carbocycles. The first kappa shape index (κ1) is 14.7. The molecule has 0 radical (unpaired) electrons. The van der Waals surface area contributed by atoms with Crippen LogP contribution in [0, 0.1) is 0 Å². The SMILES string of the molecule is CCC1=CN(C)S(=O)(=O)NC1c1ccc(Cl)cc1Cl. The fourth-order valence-electron chi connectivity index (χ4n) is 1.98. The smallest absolute Gasteiger partial charge is 0.268 e. The molecule has 0 saturated heterocycles. The van der Waals surface area contributed by atoms with E-state index in [0.29, 0.717) is 15.6 Å². The van der Waals surface area contributed by atoms with Gasteiger partial charge in [-0.2, -0.15) is 13.1 Å². The molecule has 1 aromatic rings. The van der Waals surface area contributed by atoms with E-state index in [0.717, 1.165) is 12.0 Å². The predicted molar refractivity (Wildman–Crippen MR) is 77.4 cm³/mol. The summed E-state index contributed by atoms with van der Waals surface area (Å²) in [5.41, 5.74) is 1.65. The molecule has 104 valence electrons. The fraction of sp³-hybridized carbons (Fsp3) is 0.333. The topological polar surface area (TPSA) is 49.4 Å². The van der Waals surface area contributed by atoms with Crippen LogP contribution in [-0.4, -0.2) is 19.8 Å². The van der Waals surface area contributed by atoms with Crippen LogP contribution in [0.5, 0.6) is 0 Å². The highest BCUT2D eigenvalue weighted by Crippen LogP contribution is 2.34. The van der Waals surface area contributed by atoms with Gasteiger partial charge in [0.15, 0.2) is 0 Å². The number of nitrogens with zero attached hydrogens (tertiary/aromatic N) is 1. The predicted octanol–water partition coefficient (Wildman–Crippen LogP) is 3.11. The summed E-state index contributed by atoms with van der Waals surface area (Å²) in [4.78, 5) is 0. The maximum atomic E-state index is 11.9. The second-order valence-corrected chi connectivity index (χ2v) is 6.90. The first-order chi connectivity index (χ1) is 8.85. The lowest BCUT2D eigenvalue weighted by molar-refractivity contribution is 0.491. The molecule has 1 N–H and O–H groups in total. The van der Waals surface area contributed by atoms with E-state index < -0.39 is 16.3 Å². The molecule has 1 atom stereocenters. The van der Waals surface area contributed by atoms with Crippen LogP contribution in [0.1, 0.15) is 24.9 Å². The normalized spacial score (nSPS) is 22.2. The van der Waals surface area contributed by atoms with Gasteiger partial charge in [0.2, 0.25) is 0 Å². The van der Waals surface area contributed by atoms with E-state index >= 15 is 0 Å². The van der Waals surface area contributed by atoms with Gasteiger partial charge in [-0.1, -0.05) is 36.2 Å². The molecule has 1 aliphatic rings. The van der Waals surface area contributed by atoms with Crippen LogP contribution in [-0.2, 0) is 10.2 Å². The van der Waals surface area contributed by atoms with E-state index in [2.05, 4.69) is 4.72 Å². The Labute approximate surface area is 123 Å². The summed E-state index contributed by atoms with van der Waals surface area (Å²) in [5.74, 6) is 0. The van der Waals surface area contributed by atoms with Gasteiger partial charge in [-0.05, 0) is 29.7 Å². The highest BCUT2D eigenvalue weighted by molar-refractivity contribution is 7.87. The zero-order valence-corrected chi connectivity index (χ0v) is 12.9. The number of rotatable bonds is 2. The van der Waals surface area contributed by atoms with Crippen LogP contribution in [0.3, 0.4) is 0 Å². The molecule has 1 heterocycles. The van der Waals surface area contributed by atoms with Crippen molar-refractivity contribution in [1.29, 1.82) is 0 Å². The Kier molecular flexibility index (Phi) is 4.11. The van der Waals surface area contributed by atoms with Crippen molar-refractivity contribution in [3.05, 3.63) is 45.6 Å². The maximum Gasteiger partial charge on any atom is 0.301 e. The van der Waals surface area contributed by atoms with Gasteiger partial charge < -0.3 is 0 Å². The quantitative estimate of drug-likeness (QED) is 0.910. The van der Waals surface area contributed by atoms with E-state index in [1.807, 2.05) is 6.92 Å². The lowest BCUT2D eigenvalue weighted by atomic mass is 9.98. The Bertz CT molecular complexity index is 629. The third-order valence-corrected chi connectivity index (χ3v) is 5.01. The van der Waals surface area contributed by atoms with Gasteiger partial charge in [0, 0.05) is 23.3 Å². The minimum Gasteiger partial charge on any atom is -0.268 e. The molecule has 7 heteroatoms. The first-order valence-electron chi connectivity index (χ1n) is 5.76. The average molecular weight is 321 g/mol. The van der Waals surface area contributed by atoms with Crippen molar-refractivity contribution in [2.45, 2.75) is 19.4 Å². The Balaban J connectivity index is 2.51. The van der Waals surface area contributed by atoms with E-state index in [-0.39, 0.29) is 0 Å². The van der Waals surface area contributed by atoms with E-state index in [1.165, 1.54) is 11.4 Å². The number of nitrogens with one attached hydrogen (secondary N) is 1. The Morgan fingerprint density at radius 2 is 2.05 bits per heavy atom. The molecule has 0 spiro atoms. The molecule has 0 saturated carbocycles. The second kappa shape index (κ2) is 5.32. The van der Waals surface area contributed by atoms with Gasteiger partial charge >= 0.3 is 10.2 Å². The van der Waals surface area contributed by atoms with Gasteiger partial charge in [-0.3, -0.25) is 4.31 Å². The van der Waals surface area contributed by atoms with Gasteiger partial charge in [0.1, 0.15) is 0 Å². The summed E-state index contributed by atoms with van der Waals surface area (Å²) in [5, 5.41) is 0.968. The molecule has 4 nitrogen and oxygen atoms in total. The van der Waals surface area contributed by atoms with Crippen LogP contribution in [0.2, 0.25) is 10.0 Å². The van der Waals surface area contributed by atoms with Crippen molar-refractivity contribution in [3.63, 3.8) is 0 Å². The largest absolute Gasteiger partial charge is 0.301 e. The highest BCUT2D eigenvalue weighted by Gasteiger charge is 2.30. The van der Waals surface area contributed by atoms with Gasteiger partial charge in [-0.15, -0.1) is 0 Å². The summed E-state index contributed by atoms with van der Waals surface area (Å²) >= 11 is 12.0. The lowest BCUT2D eigenvalue weighted by Gasteiger charge is -2.31. The van der Waals surface area contributed by atoms with Crippen LogP contribution >= 0.6 is 23.2 Å². The monoisotopic (exact) mass is 320 g/mol. The molecular weight excluding hydrogens is 307 g/mol. The number of halogens is 2. The van der Waals surface area contributed by atoms with Crippen LogP contribution in [0.4, 0.5) is 0 Å². The van der Waals surface area contributed by atoms with Crippen molar-refractivity contribution < 1.29 is 8.42 Å². The Morgan fingerprint density at radius 3 is 2.63 bits per heavy atom. The standard InChI is InChI=1S/C12H14Cl2N2O2S/c1-3-8-7-16(2)19(17,18)15-12(8)10-5-4-9(13)6-11(10)14/h4-7,12,15H,3H2,1-2H3. The average Bonchev–Trinajstić information content (AvgIpc) is 2.32. The molecular formula is C12H14Cl2N2O2S. The van der Waals surface area contributed by atoms with E-state index in [9.17, 15) is 8.42 Å². The van der Waals surface area contributed by atoms with Crippen LogP contribution in [0.15, 0.2) is 30.0 Å². The lowest BCUT2D eigenvalue weighted by Crippen LogP contribution is -2.42. The summed E-state index contributed by atoms with van der Waals surface area (Å²) < 4.78 is 27.6. The molecule has 1 unspecified atom stereocenters. The van der Waals surface area contributed by atoms with Gasteiger partial charge in [0.25, 0.3) is 0 Å². The Hall–Kier alpha value is -0.750. The second-order valence-electron chi connectivity index (χ2n) is 4.30. The number of hydrogen-bond acceptors (Lipinski definition) is 2. The zero-order chi connectivity index (χ0) is 14.2. The van der Waals surface area contributed by atoms with Gasteiger partial charge in [-0.25, -0.2) is 0 Å². The maximum absolute atomic E-state index is 11.9. The summed E-state index contributed by atoms with van der Waals surface area (Å²) in [7, 11) is -2.02. The van der Waals surface area contributed by atoms with Crippen molar-refractivity contribution in [2.24, 2.45) is 0 Å². The number of hydrogen-bond donors (Lipinski definition) is 1. The van der Waals surface area contributed by atoms with Gasteiger partial charge in [0.05, 0.1) is 6.04 Å². The molecule has 0 fully saturated rings. The zero-order valence-electron chi connectivity index (χ0n) is 10.5. The van der Waals surface area contributed by atoms with Crippen LogP contribution in [0.25, 0.3) is 0 Å². The minimum atomic E-state index is -3.51. The van der Waals surface area contributed by atoms with Crippen molar-refractivity contribution in [3.8, 4) is 0 Å². The van der Waals surface area contributed by atoms with Crippen molar-refractivity contribution in [2.75, 3.05) is 7.05 Å². The summed E-state index contributed by atoms with van der Waals surface area (Å²) in [6.45, 7) is 1.97. The highest BCUT2D eigenvalue weighted by atomic mass is 35.5. The van der Waals surface area contributed by atoms with Crippen LogP contribution < -0.4 is 4.72 Å². The molecule has 0 aliphatic carbocycles. The third kappa shape index (κ3) is 2.89. The Morgan fingerprint density at radius 1 is 1.37 bits per heavy atom. The van der Waals surface area contributed by atoms with Crippen molar-refractivity contribution >= 4 is 33.4 Å². The minimum absolute atomic E-state index is 0.448. The van der Waals surface area contributed by atoms with E-state index in [4.69, 9.17) is 23.2 Å². The number of benzene rings is 1. The molecule has 0 bridgehead atoms. The molecule has 0 aromatic heterocycles. The molecule has 2 rings (SSSR count). The summed E-state index contributed by atoms with van der Waals surface area (Å²) in [6, 6.07) is 4.60. The third-order valence-electron chi connectivity index (χ3n) is 3.05.